The van der Waals surface area contributed by atoms with Crippen molar-refractivity contribution in [3.8, 4) is 17.0 Å². The molecule has 1 atom stereocenters. The molecule has 2 aromatic heterocycles. The van der Waals surface area contributed by atoms with E-state index in [1.807, 2.05) is 26.0 Å². The number of nitrogens with zero attached hydrogens (tertiary/aromatic N) is 3. The number of hydrogen-bond acceptors (Lipinski definition) is 6. The van der Waals surface area contributed by atoms with Gasteiger partial charge in [0.1, 0.15) is 17.6 Å². The van der Waals surface area contributed by atoms with Gasteiger partial charge >= 0.3 is 0 Å². The zero-order chi connectivity index (χ0) is 20.4. The Hall–Kier alpha value is -3.22. The second kappa shape index (κ2) is 8.03. The van der Waals surface area contributed by atoms with Crippen LogP contribution in [-0.4, -0.2) is 33.7 Å². The smallest absolute Gasteiger partial charge is 0.273 e. The molecule has 150 valence electrons. The van der Waals surface area contributed by atoms with E-state index in [2.05, 4.69) is 33.4 Å². The molecule has 0 bridgehead atoms. The number of aryl methyl sites for hydroxylation is 3. The molecule has 7 nitrogen and oxygen atoms in total. The summed E-state index contributed by atoms with van der Waals surface area (Å²) in [7, 11) is 0. The second-order valence-corrected chi connectivity index (χ2v) is 7.35. The average Bonchev–Trinajstić information content (AvgIpc) is 3.34. The first-order valence-electron chi connectivity index (χ1n) is 9.87. The highest BCUT2D eigenvalue weighted by atomic mass is 16.5. The molecule has 1 aliphatic heterocycles. The van der Waals surface area contributed by atoms with Crippen molar-refractivity contribution in [2.45, 2.75) is 46.1 Å². The lowest BCUT2D eigenvalue weighted by Gasteiger charge is -2.10. The van der Waals surface area contributed by atoms with Crippen LogP contribution < -0.4 is 10.1 Å². The molecule has 0 radical (unpaired) electrons. The predicted molar refractivity (Wildman–Crippen MR) is 108 cm³/mol. The molecule has 0 aliphatic carbocycles. The fraction of sp³-hybridized carbons (Fsp3) is 0.364. The first-order chi connectivity index (χ1) is 14.0. The van der Waals surface area contributed by atoms with E-state index < -0.39 is 0 Å². The van der Waals surface area contributed by atoms with Crippen LogP contribution in [0.15, 0.2) is 35.0 Å². The van der Waals surface area contributed by atoms with Crippen LogP contribution in [0.2, 0.25) is 0 Å². The number of aromatic nitrogens is 3. The van der Waals surface area contributed by atoms with Gasteiger partial charge in [0.25, 0.3) is 5.91 Å². The maximum absolute atomic E-state index is 12.3. The van der Waals surface area contributed by atoms with Crippen molar-refractivity contribution in [3.05, 3.63) is 58.9 Å². The van der Waals surface area contributed by atoms with Crippen LogP contribution in [0, 0.1) is 13.8 Å². The maximum Gasteiger partial charge on any atom is 0.273 e. The third kappa shape index (κ3) is 4.13. The third-order valence-electron chi connectivity index (χ3n) is 4.93. The molecule has 1 aromatic carbocycles. The first kappa shape index (κ1) is 19.1. The lowest BCUT2D eigenvalue weighted by molar-refractivity contribution is 0.0924. The Balaban J connectivity index is 1.40. The summed E-state index contributed by atoms with van der Waals surface area (Å²) in [4.78, 5) is 21.3. The van der Waals surface area contributed by atoms with Crippen LogP contribution in [0.1, 0.15) is 46.5 Å². The van der Waals surface area contributed by atoms with Gasteiger partial charge in [0.2, 0.25) is 0 Å². The van der Waals surface area contributed by atoms with E-state index in [9.17, 15) is 4.79 Å². The molecule has 3 aromatic rings. The van der Waals surface area contributed by atoms with Gasteiger partial charge in [-0.05, 0) is 44.0 Å². The predicted octanol–water partition coefficient (Wildman–Crippen LogP) is 3.43. The summed E-state index contributed by atoms with van der Waals surface area (Å²) in [5.41, 5.74) is 5.11. The fourth-order valence-electron chi connectivity index (χ4n) is 3.47. The Labute approximate surface area is 169 Å². The van der Waals surface area contributed by atoms with Gasteiger partial charge in [0, 0.05) is 30.7 Å². The van der Waals surface area contributed by atoms with Crippen molar-refractivity contribution in [1.29, 1.82) is 0 Å². The Morgan fingerprint density at radius 1 is 1.28 bits per heavy atom. The van der Waals surface area contributed by atoms with Gasteiger partial charge in [-0.15, -0.1) is 0 Å². The molecule has 4 rings (SSSR count). The number of rotatable bonds is 6. The van der Waals surface area contributed by atoms with Crippen LogP contribution in [0.3, 0.4) is 0 Å². The minimum Gasteiger partial charge on any atom is -0.488 e. The van der Waals surface area contributed by atoms with Crippen molar-refractivity contribution < 1.29 is 14.1 Å². The summed E-state index contributed by atoms with van der Waals surface area (Å²) in [5, 5.41) is 6.72. The van der Waals surface area contributed by atoms with Crippen LogP contribution in [0.25, 0.3) is 11.3 Å². The van der Waals surface area contributed by atoms with E-state index in [0.29, 0.717) is 12.2 Å². The number of carbonyl (C=O) groups is 1. The van der Waals surface area contributed by atoms with Crippen molar-refractivity contribution in [1.82, 2.24) is 20.4 Å². The average molecular weight is 392 g/mol. The van der Waals surface area contributed by atoms with Gasteiger partial charge in [-0.25, -0.2) is 4.98 Å². The molecule has 1 N–H and O–H groups in total. The summed E-state index contributed by atoms with van der Waals surface area (Å²) in [6.45, 7) is 6.35. The van der Waals surface area contributed by atoms with E-state index >= 15 is 0 Å². The zero-order valence-electron chi connectivity index (χ0n) is 16.9. The molecule has 0 fully saturated rings. The quantitative estimate of drug-likeness (QED) is 0.691. The van der Waals surface area contributed by atoms with Crippen LogP contribution in [0.4, 0.5) is 0 Å². The molecule has 1 aliphatic rings. The van der Waals surface area contributed by atoms with Gasteiger partial charge in [0.15, 0.2) is 5.69 Å². The van der Waals surface area contributed by atoms with Crippen molar-refractivity contribution in [3.63, 3.8) is 0 Å². The van der Waals surface area contributed by atoms with Crippen LogP contribution in [0.5, 0.6) is 5.75 Å². The molecule has 0 spiro atoms. The Bertz CT molecular complexity index is 1040. The summed E-state index contributed by atoms with van der Waals surface area (Å²) < 4.78 is 11.2. The summed E-state index contributed by atoms with van der Waals surface area (Å²) in [6.07, 6.45) is 4.10. The monoisotopic (exact) mass is 392 g/mol. The molecule has 7 heteroatoms. The standard InChI is InChI=1S/C22H24N4O3/c1-4-5-17-10-19(26-29-17)22(27)24-12-18-9-16-8-15(6-7-20(16)28-18)21-14(3)23-11-13(2)25-21/h6-8,10-11,18H,4-5,9,12H2,1-3H3,(H,24,27)/t18-/m1/s1. The number of fused-ring (bicyclic) bond motifs is 1. The highest BCUT2D eigenvalue weighted by molar-refractivity contribution is 5.92. The highest BCUT2D eigenvalue weighted by Crippen LogP contribution is 2.33. The fourth-order valence-corrected chi connectivity index (χ4v) is 3.47. The molecule has 0 saturated heterocycles. The Morgan fingerprint density at radius 2 is 2.14 bits per heavy atom. The molecular formula is C22H24N4O3. The summed E-state index contributed by atoms with van der Waals surface area (Å²) >= 11 is 0. The van der Waals surface area contributed by atoms with Gasteiger partial charge < -0.3 is 14.6 Å². The number of carbonyl (C=O) groups excluding carboxylic acids is 1. The number of nitrogens with one attached hydrogen (secondary N) is 1. The summed E-state index contributed by atoms with van der Waals surface area (Å²) in [6, 6.07) is 7.76. The third-order valence-corrected chi connectivity index (χ3v) is 4.93. The highest BCUT2D eigenvalue weighted by Gasteiger charge is 2.25. The van der Waals surface area contributed by atoms with E-state index in [4.69, 9.17) is 9.26 Å². The minimum absolute atomic E-state index is 0.115. The van der Waals surface area contributed by atoms with Gasteiger partial charge in [-0.2, -0.15) is 0 Å². The first-order valence-corrected chi connectivity index (χ1v) is 9.87. The van der Waals surface area contributed by atoms with Crippen molar-refractivity contribution in [2.24, 2.45) is 0 Å². The van der Waals surface area contributed by atoms with Gasteiger partial charge in [-0.3, -0.25) is 9.78 Å². The largest absolute Gasteiger partial charge is 0.488 e. The number of hydrogen-bond donors (Lipinski definition) is 1. The number of amides is 1. The Kier molecular flexibility index (Phi) is 5.29. The van der Waals surface area contributed by atoms with E-state index in [1.165, 1.54) is 0 Å². The van der Waals surface area contributed by atoms with Crippen molar-refractivity contribution >= 4 is 5.91 Å². The molecular weight excluding hydrogens is 368 g/mol. The normalized spacial score (nSPS) is 15.1. The van der Waals surface area contributed by atoms with Crippen LogP contribution in [-0.2, 0) is 12.8 Å². The summed E-state index contributed by atoms with van der Waals surface area (Å²) in [5.74, 6) is 1.32. The van der Waals surface area contributed by atoms with Gasteiger partial charge in [-0.1, -0.05) is 12.1 Å². The maximum atomic E-state index is 12.3. The molecule has 0 unspecified atom stereocenters. The molecule has 1 amide bonds. The van der Waals surface area contributed by atoms with E-state index in [1.54, 1.807) is 12.3 Å². The zero-order valence-corrected chi connectivity index (χ0v) is 16.9. The second-order valence-electron chi connectivity index (χ2n) is 7.35. The van der Waals surface area contributed by atoms with Gasteiger partial charge in [0.05, 0.1) is 23.6 Å². The number of ether oxygens (including phenoxy) is 1. The van der Waals surface area contributed by atoms with Crippen LogP contribution >= 0.6 is 0 Å². The SMILES string of the molecule is CCCc1cc(C(=O)NC[C@H]2Cc3cc(-c4nc(C)cnc4C)ccc3O2)no1. The minimum atomic E-state index is -0.248. The van der Waals surface area contributed by atoms with Crippen molar-refractivity contribution in [2.75, 3.05) is 6.54 Å². The topological polar surface area (TPSA) is 90.1 Å². The molecule has 0 saturated carbocycles. The Morgan fingerprint density at radius 3 is 2.97 bits per heavy atom. The lowest BCUT2D eigenvalue weighted by Crippen LogP contribution is -2.34. The number of benzene rings is 1. The molecule has 3 heterocycles. The van der Waals surface area contributed by atoms with E-state index in [0.717, 1.165) is 59.0 Å². The molecule has 29 heavy (non-hydrogen) atoms. The van der Waals surface area contributed by atoms with E-state index in [-0.39, 0.29) is 12.0 Å². The lowest BCUT2D eigenvalue weighted by atomic mass is 10.0.